The zero-order valence-electron chi connectivity index (χ0n) is 13.4. The van der Waals surface area contributed by atoms with Crippen molar-refractivity contribution in [1.29, 1.82) is 0 Å². The fraction of sp³-hybridized carbons (Fsp3) is 0.167. The van der Waals surface area contributed by atoms with Crippen LogP contribution in [0.4, 0.5) is 0 Å². The molecule has 1 aromatic carbocycles. The second-order valence-electron chi connectivity index (χ2n) is 5.53. The summed E-state index contributed by atoms with van der Waals surface area (Å²) in [5.74, 6) is -0.195. The number of thiazole rings is 1. The molecule has 1 amide bonds. The molecule has 2 aromatic heterocycles. The number of carbonyl (C=O) groups is 1. The van der Waals surface area contributed by atoms with Gasteiger partial charge in [0, 0.05) is 25.4 Å². The summed E-state index contributed by atoms with van der Waals surface area (Å²) in [4.78, 5) is 29.8. The largest absolute Gasteiger partial charge is 0.494 e. The fourth-order valence-corrected chi connectivity index (χ4v) is 3.16. The SMILES string of the molecule is O=C(NCCc1ccc(Cc2sc(=O)[nH]c2O)cc1)c1cccnc1. The van der Waals surface area contributed by atoms with Crippen LogP contribution in [0, 0.1) is 0 Å². The minimum Gasteiger partial charge on any atom is -0.494 e. The lowest BCUT2D eigenvalue weighted by Crippen LogP contribution is -2.25. The van der Waals surface area contributed by atoms with Crippen LogP contribution in [0.3, 0.4) is 0 Å². The van der Waals surface area contributed by atoms with Crippen molar-refractivity contribution >= 4 is 17.2 Å². The van der Waals surface area contributed by atoms with Crippen LogP contribution in [-0.4, -0.2) is 27.5 Å². The van der Waals surface area contributed by atoms with Crippen molar-refractivity contribution in [3.05, 3.63) is 80.0 Å². The molecule has 3 aromatic rings. The van der Waals surface area contributed by atoms with E-state index in [1.165, 1.54) is 6.20 Å². The molecule has 0 spiro atoms. The molecule has 6 nitrogen and oxygen atoms in total. The van der Waals surface area contributed by atoms with Crippen LogP contribution in [0.15, 0.2) is 53.6 Å². The highest BCUT2D eigenvalue weighted by molar-refractivity contribution is 7.09. The van der Waals surface area contributed by atoms with Gasteiger partial charge in [-0.25, -0.2) is 0 Å². The predicted octanol–water partition coefficient (Wildman–Crippen LogP) is 2.10. The van der Waals surface area contributed by atoms with E-state index in [0.717, 1.165) is 28.9 Å². The molecular formula is C18H17N3O3S. The minimum absolute atomic E-state index is 0.0582. The summed E-state index contributed by atoms with van der Waals surface area (Å²) in [6.07, 6.45) is 4.39. The molecule has 0 aliphatic rings. The number of pyridine rings is 1. The highest BCUT2D eigenvalue weighted by Crippen LogP contribution is 2.20. The van der Waals surface area contributed by atoms with Gasteiger partial charge in [-0.15, -0.1) is 0 Å². The second kappa shape index (κ2) is 7.76. The zero-order chi connectivity index (χ0) is 17.6. The van der Waals surface area contributed by atoms with Crippen molar-refractivity contribution in [3.8, 4) is 5.88 Å². The average Bonchev–Trinajstić information content (AvgIpc) is 2.94. The number of rotatable bonds is 6. The van der Waals surface area contributed by atoms with Crippen LogP contribution in [0.5, 0.6) is 5.88 Å². The van der Waals surface area contributed by atoms with Gasteiger partial charge < -0.3 is 10.4 Å². The molecule has 3 N–H and O–H groups in total. The Morgan fingerprint density at radius 1 is 1.20 bits per heavy atom. The molecule has 0 unspecified atom stereocenters. The Kier molecular flexibility index (Phi) is 5.25. The van der Waals surface area contributed by atoms with Gasteiger partial charge in [-0.3, -0.25) is 19.6 Å². The number of amides is 1. The van der Waals surface area contributed by atoms with Gasteiger partial charge in [-0.05, 0) is 29.7 Å². The van der Waals surface area contributed by atoms with Gasteiger partial charge in [0.05, 0.1) is 10.4 Å². The fourth-order valence-electron chi connectivity index (χ4n) is 2.40. The van der Waals surface area contributed by atoms with Gasteiger partial charge in [0.2, 0.25) is 5.88 Å². The van der Waals surface area contributed by atoms with Crippen LogP contribution in [0.2, 0.25) is 0 Å². The molecule has 0 aliphatic heterocycles. The molecule has 0 aliphatic carbocycles. The number of hydrogen-bond donors (Lipinski definition) is 3. The maximum atomic E-state index is 11.9. The van der Waals surface area contributed by atoms with Gasteiger partial charge >= 0.3 is 4.87 Å². The third-order valence-electron chi connectivity index (χ3n) is 3.71. The Hall–Kier alpha value is -2.93. The molecule has 0 radical (unpaired) electrons. The summed E-state index contributed by atoms with van der Waals surface area (Å²) in [5, 5.41) is 12.5. The van der Waals surface area contributed by atoms with E-state index in [4.69, 9.17) is 0 Å². The second-order valence-corrected chi connectivity index (χ2v) is 6.59. The molecule has 2 heterocycles. The molecule has 0 fully saturated rings. The summed E-state index contributed by atoms with van der Waals surface area (Å²) in [5.41, 5.74) is 2.65. The Bertz CT molecular complexity index is 901. The zero-order valence-corrected chi connectivity index (χ0v) is 14.2. The minimum atomic E-state index is -0.256. The number of aromatic nitrogens is 2. The lowest BCUT2D eigenvalue weighted by molar-refractivity contribution is 0.0954. The Morgan fingerprint density at radius 3 is 2.60 bits per heavy atom. The lowest BCUT2D eigenvalue weighted by atomic mass is 10.1. The van der Waals surface area contributed by atoms with Crippen LogP contribution >= 0.6 is 11.3 Å². The van der Waals surface area contributed by atoms with Gasteiger partial charge in [0.15, 0.2) is 0 Å². The third kappa shape index (κ3) is 4.54. The number of benzene rings is 1. The van der Waals surface area contributed by atoms with Crippen molar-refractivity contribution in [3.63, 3.8) is 0 Å². The van der Waals surface area contributed by atoms with Crippen molar-refractivity contribution in [2.75, 3.05) is 6.54 Å². The molecule has 3 rings (SSSR count). The highest BCUT2D eigenvalue weighted by Gasteiger charge is 2.08. The van der Waals surface area contributed by atoms with E-state index in [1.54, 1.807) is 18.3 Å². The number of H-pyrrole nitrogens is 1. The first kappa shape index (κ1) is 16.9. The quantitative estimate of drug-likeness (QED) is 0.631. The molecule has 0 bridgehead atoms. The van der Waals surface area contributed by atoms with Crippen molar-refractivity contribution < 1.29 is 9.90 Å². The van der Waals surface area contributed by atoms with Gasteiger partial charge in [-0.2, -0.15) is 0 Å². The number of hydrogen-bond acceptors (Lipinski definition) is 5. The molecule has 0 saturated carbocycles. The van der Waals surface area contributed by atoms with Crippen LogP contribution in [0.1, 0.15) is 26.4 Å². The first-order valence-electron chi connectivity index (χ1n) is 7.79. The predicted molar refractivity (Wildman–Crippen MR) is 96.1 cm³/mol. The molecule has 25 heavy (non-hydrogen) atoms. The lowest BCUT2D eigenvalue weighted by Gasteiger charge is -2.06. The average molecular weight is 355 g/mol. The topological polar surface area (TPSA) is 95.1 Å². The van der Waals surface area contributed by atoms with E-state index in [9.17, 15) is 14.7 Å². The molecule has 0 atom stereocenters. The van der Waals surface area contributed by atoms with Crippen molar-refractivity contribution in [1.82, 2.24) is 15.3 Å². The van der Waals surface area contributed by atoms with Gasteiger partial charge in [0.25, 0.3) is 5.91 Å². The smallest absolute Gasteiger partial charge is 0.307 e. The Labute approximate surface area is 148 Å². The monoisotopic (exact) mass is 355 g/mol. The number of nitrogens with one attached hydrogen (secondary N) is 2. The van der Waals surface area contributed by atoms with E-state index in [-0.39, 0.29) is 16.7 Å². The summed E-state index contributed by atoms with van der Waals surface area (Å²) in [6.45, 7) is 0.535. The number of nitrogens with zero attached hydrogens (tertiary/aromatic N) is 1. The summed E-state index contributed by atoms with van der Waals surface area (Å²) >= 11 is 1.01. The van der Waals surface area contributed by atoms with Crippen LogP contribution < -0.4 is 10.2 Å². The van der Waals surface area contributed by atoms with Crippen molar-refractivity contribution in [2.45, 2.75) is 12.8 Å². The Balaban J connectivity index is 1.52. The van der Waals surface area contributed by atoms with E-state index >= 15 is 0 Å². The maximum absolute atomic E-state index is 11.9. The molecule has 128 valence electrons. The van der Waals surface area contributed by atoms with E-state index < -0.39 is 0 Å². The number of carbonyl (C=O) groups excluding carboxylic acids is 1. The standard InChI is InChI=1S/C18H17N3O3S/c22-16(14-2-1-8-19-11-14)20-9-7-12-3-5-13(6-4-12)10-15-17(23)21-18(24)25-15/h1-6,8,11,23H,7,9-10H2,(H,20,22)(H,21,24). The number of aromatic hydroxyl groups is 1. The summed E-state index contributed by atoms with van der Waals surface area (Å²) in [7, 11) is 0. The van der Waals surface area contributed by atoms with E-state index in [2.05, 4.69) is 15.3 Å². The van der Waals surface area contributed by atoms with Gasteiger partial charge in [-0.1, -0.05) is 35.6 Å². The summed E-state index contributed by atoms with van der Waals surface area (Å²) in [6, 6.07) is 11.3. The first-order valence-corrected chi connectivity index (χ1v) is 8.60. The van der Waals surface area contributed by atoms with Crippen LogP contribution in [-0.2, 0) is 12.8 Å². The number of aromatic amines is 1. The molecule has 7 heteroatoms. The highest BCUT2D eigenvalue weighted by atomic mass is 32.1. The first-order chi connectivity index (χ1) is 12.1. The Morgan fingerprint density at radius 2 is 1.96 bits per heavy atom. The van der Waals surface area contributed by atoms with Crippen LogP contribution in [0.25, 0.3) is 0 Å². The summed E-state index contributed by atoms with van der Waals surface area (Å²) < 4.78 is 0. The normalized spacial score (nSPS) is 10.6. The molecular weight excluding hydrogens is 338 g/mol. The van der Waals surface area contributed by atoms with E-state index in [1.807, 2.05) is 24.3 Å². The maximum Gasteiger partial charge on any atom is 0.307 e. The van der Waals surface area contributed by atoms with Crippen molar-refractivity contribution in [2.24, 2.45) is 0 Å². The third-order valence-corrected chi connectivity index (χ3v) is 4.58. The van der Waals surface area contributed by atoms with E-state index in [0.29, 0.717) is 23.4 Å². The molecule has 0 saturated heterocycles. The van der Waals surface area contributed by atoms with Gasteiger partial charge in [0.1, 0.15) is 0 Å².